The molecular weight excluding hydrogens is 416 g/mol. The summed E-state index contributed by atoms with van der Waals surface area (Å²) >= 11 is 3.47. The van der Waals surface area contributed by atoms with E-state index in [1.165, 1.54) is 0 Å². The second-order valence-electron chi connectivity index (χ2n) is 7.66. The van der Waals surface area contributed by atoms with Gasteiger partial charge in [0.05, 0.1) is 5.56 Å². The first-order valence-electron chi connectivity index (χ1n) is 9.77. The van der Waals surface area contributed by atoms with E-state index in [2.05, 4.69) is 21.2 Å². The van der Waals surface area contributed by atoms with Crippen LogP contribution in [0.4, 0.5) is 5.69 Å². The highest BCUT2D eigenvalue weighted by Crippen LogP contribution is 2.36. The number of hydrogen-bond acceptors (Lipinski definition) is 2. The molecule has 0 saturated heterocycles. The molecular formula is C23H27BrN2O2. The quantitative estimate of drug-likeness (QED) is 0.681. The average Bonchev–Trinajstić information content (AvgIpc) is 2.70. The smallest absolute Gasteiger partial charge is 0.255 e. The van der Waals surface area contributed by atoms with Gasteiger partial charge in [-0.05, 0) is 65.9 Å². The number of halogens is 1. The van der Waals surface area contributed by atoms with Gasteiger partial charge in [-0.25, -0.2) is 0 Å². The molecule has 5 heteroatoms. The number of hydrogen-bond donors (Lipinski definition) is 1. The van der Waals surface area contributed by atoms with Crippen molar-refractivity contribution in [2.75, 3.05) is 12.4 Å². The molecule has 0 spiro atoms. The molecule has 1 fully saturated rings. The highest BCUT2D eigenvalue weighted by atomic mass is 79.9. The van der Waals surface area contributed by atoms with Crippen molar-refractivity contribution in [2.24, 2.45) is 0 Å². The van der Waals surface area contributed by atoms with E-state index in [1.807, 2.05) is 50.2 Å². The summed E-state index contributed by atoms with van der Waals surface area (Å²) in [6, 6.07) is 13.3. The third-order valence-corrected chi connectivity index (χ3v) is 6.57. The van der Waals surface area contributed by atoms with Crippen molar-refractivity contribution in [1.82, 2.24) is 4.90 Å². The lowest BCUT2D eigenvalue weighted by molar-refractivity contribution is -0.128. The summed E-state index contributed by atoms with van der Waals surface area (Å²) in [5.41, 5.74) is 2.64. The van der Waals surface area contributed by atoms with Gasteiger partial charge >= 0.3 is 0 Å². The summed E-state index contributed by atoms with van der Waals surface area (Å²) < 4.78 is 0.743. The number of anilines is 1. The van der Waals surface area contributed by atoms with E-state index in [-0.39, 0.29) is 11.8 Å². The van der Waals surface area contributed by atoms with Gasteiger partial charge in [0.15, 0.2) is 0 Å². The number of nitrogens with one attached hydrogen (secondary N) is 1. The third-order valence-electron chi connectivity index (χ3n) is 5.87. The summed E-state index contributed by atoms with van der Waals surface area (Å²) in [7, 11) is 1.76. The zero-order valence-electron chi connectivity index (χ0n) is 16.7. The summed E-state index contributed by atoms with van der Waals surface area (Å²) in [5.74, 6) is -0.224. The molecule has 2 aromatic rings. The van der Waals surface area contributed by atoms with Crippen molar-refractivity contribution in [2.45, 2.75) is 51.5 Å². The maximum absolute atomic E-state index is 13.5. The molecule has 1 N–H and O–H groups in total. The van der Waals surface area contributed by atoms with E-state index in [0.29, 0.717) is 18.4 Å². The van der Waals surface area contributed by atoms with Crippen LogP contribution in [-0.2, 0) is 4.79 Å². The monoisotopic (exact) mass is 442 g/mol. The molecule has 0 bridgehead atoms. The number of amides is 2. The number of rotatable bonds is 4. The molecule has 0 heterocycles. The summed E-state index contributed by atoms with van der Waals surface area (Å²) in [6.45, 7) is 3.98. The molecule has 2 amide bonds. The third kappa shape index (κ3) is 3.86. The lowest BCUT2D eigenvalue weighted by Gasteiger charge is -2.43. The Morgan fingerprint density at radius 1 is 0.964 bits per heavy atom. The summed E-state index contributed by atoms with van der Waals surface area (Å²) in [4.78, 5) is 28.5. The zero-order chi connectivity index (χ0) is 20.3. The molecule has 2 aromatic carbocycles. The topological polar surface area (TPSA) is 49.4 Å². The molecule has 0 unspecified atom stereocenters. The van der Waals surface area contributed by atoms with E-state index >= 15 is 0 Å². The van der Waals surface area contributed by atoms with Gasteiger partial charge in [-0.3, -0.25) is 9.59 Å². The van der Waals surface area contributed by atoms with Crippen molar-refractivity contribution in [3.63, 3.8) is 0 Å². The average molecular weight is 443 g/mol. The van der Waals surface area contributed by atoms with Gasteiger partial charge in [0, 0.05) is 17.2 Å². The van der Waals surface area contributed by atoms with Gasteiger partial charge in [-0.2, -0.15) is 0 Å². The first kappa shape index (κ1) is 20.6. The number of benzene rings is 2. The number of carbonyl (C=O) groups is 2. The summed E-state index contributed by atoms with van der Waals surface area (Å²) in [5, 5.41) is 3.15. The van der Waals surface area contributed by atoms with E-state index in [0.717, 1.165) is 40.5 Å². The predicted molar refractivity (Wildman–Crippen MR) is 117 cm³/mol. The van der Waals surface area contributed by atoms with Gasteiger partial charge in [0.2, 0.25) is 5.91 Å². The van der Waals surface area contributed by atoms with Gasteiger partial charge in [0.25, 0.3) is 5.91 Å². The van der Waals surface area contributed by atoms with Crippen molar-refractivity contribution < 1.29 is 9.59 Å². The van der Waals surface area contributed by atoms with Crippen LogP contribution < -0.4 is 5.32 Å². The van der Waals surface area contributed by atoms with Crippen LogP contribution in [0.2, 0.25) is 0 Å². The molecule has 0 aromatic heterocycles. The van der Waals surface area contributed by atoms with Gasteiger partial charge < -0.3 is 10.2 Å². The molecule has 4 nitrogen and oxygen atoms in total. The number of nitrogens with zero attached hydrogens (tertiary/aromatic N) is 1. The van der Waals surface area contributed by atoms with E-state index in [4.69, 9.17) is 0 Å². The Bertz CT molecular complexity index is 868. The molecule has 0 aliphatic heterocycles. The van der Waals surface area contributed by atoms with Crippen LogP contribution in [0.1, 0.15) is 53.6 Å². The van der Waals surface area contributed by atoms with Crippen molar-refractivity contribution in [3.8, 4) is 0 Å². The number of aryl methyl sites for hydroxylation is 2. The fourth-order valence-corrected chi connectivity index (χ4v) is 4.56. The number of likely N-dealkylation sites (N-methyl/N-ethyl adjacent to an activating group) is 1. The second kappa shape index (κ2) is 8.48. The Morgan fingerprint density at radius 2 is 1.57 bits per heavy atom. The Hall–Kier alpha value is -2.14. The molecule has 148 valence electrons. The Kier molecular flexibility index (Phi) is 6.23. The minimum atomic E-state index is -0.834. The number of carbonyl (C=O) groups excluding carboxylic acids is 2. The number of para-hydroxylation sites is 1. The Morgan fingerprint density at radius 3 is 2.18 bits per heavy atom. The standard InChI is InChI=1S/C23H27BrN2O2/c1-16-10-9-11-17(2)20(16)25-22(28)23(14-7-4-8-15-23)26(3)21(27)18-12-5-6-13-19(18)24/h5-6,9-13H,4,7-8,14-15H2,1-3H3,(H,25,28). The van der Waals surface area contributed by atoms with E-state index in [1.54, 1.807) is 18.0 Å². The van der Waals surface area contributed by atoms with Crippen LogP contribution in [0.25, 0.3) is 0 Å². The predicted octanol–water partition coefficient (Wildman–Crippen LogP) is 5.48. The van der Waals surface area contributed by atoms with Crippen molar-refractivity contribution >= 4 is 33.4 Å². The van der Waals surface area contributed by atoms with Gasteiger partial charge in [0.1, 0.15) is 5.54 Å². The van der Waals surface area contributed by atoms with Gasteiger partial charge in [-0.1, -0.05) is 49.6 Å². The molecule has 1 aliphatic rings. The largest absolute Gasteiger partial charge is 0.327 e. The fourth-order valence-electron chi connectivity index (χ4n) is 4.10. The molecule has 1 saturated carbocycles. The van der Waals surface area contributed by atoms with Crippen LogP contribution in [0, 0.1) is 13.8 Å². The Labute approximate surface area is 175 Å². The van der Waals surface area contributed by atoms with Crippen LogP contribution in [-0.4, -0.2) is 29.3 Å². The van der Waals surface area contributed by atoms with Gasteiger partial charge in [-0.15, -0.1) is 0 Å². The maximum Gasteiger partial charge on any atom is 0.255 e. The lowest BCUT2D eigenvalue weighted by Crippen LogP contribution is -2.58. The van der Waals surface area contributed by atoms with Crippen molar-refractivity contribution in [1.29, 1.82) is 0 Å². The molecule has 0 radical (unpaired) electrons. The van der Waals surface area contributed by atoms with Crippen LogP contribution in [0.15, 0.2) is 46.9 Å². The van der Waals surface area contributed by atoms with Crippen LogP contribution in [0.5, 0.6) is 0 Å². The second-order valence-corrected chi connectivity index (χ2v) is 8.51. The molecule has 0 atom stereocenters. The minimum Gasteiger partial charge on any atom is -0.327 e. The zero-order valence-corrected chi connectivity index (χ0v) is 18.3. The van der Waals surface area contributed by atoms with E-state index in [9.17, 15) is 9.59 Å². The molecule has 3 rings (SSSR count). The molecule has 28 heavy (non-hydrogen) atoms. The summed E-state index contributed by atoms with van der Waals surface area (Å²) in [6.07, 6.45) is 4.32. The highest BCUT2D eigenvalue weighted by molar-refractivity contribution is 9.10. The normalized spacial score (nSPS) is 15.7. The maximum atomic E-state index is 13.5. The lowest BCUT2D eigenvalue weighted by atomic mass is 9.79. The Balaban J connectivity index is 1.95. The fraction of sp³-hybridized carbons (Fsp3) is 0.391. The van der Waals surface area contributed by atoms with Crippen molar-refractivity contribution in [3.05, 3.63) is 63.6 Å². The van der Waals surface area contributed by atoms with Crippen LogP contribution in [0.3, 0.4) is 0 Å². The first-order chi connectivity index (χ1) is 13.4. The first-order valence-corrected chi connectivity index (χ1v) is 10.6. The SMILES string of the molecule is Cc1cccc(C)c1NC(=O)C1(N(C)C(=O)c2ccccc2Br)CCCCC1. The van der Waals surface area contributed by atoms with E-state index < -0.39 is 5.54 Å². The van der Waals surface area contributed by atoms with Crippen LogP contribution >= 0.6 is 15.9 Å². The molecule has 1 aliphatic carbocycles. The minimum absolute atomic E-state index is 0.0903. The highest BCUT2D eigenvalue weighted by Gasteiger charge is 2.45.